The molecule has 0 amide bonds. The van der Waals surface area contributed by atoms with E-state index < -0.39 is 0 Å². The Hall–Kier alpha value is -1.95. The maximum absolute atomic E-state index is 5.93. The van der Waals surface area contributed by atoms with E-state index in [4.69, 9.17) is 9.47 Å². The fourth-order valence-corrected chi connectivity index (χ4v) is 3.17. The Morgan fingerprint density at radius 2 is 1.88 bits per heavy atom. The Labute approximate surface area is 158 Å². The van der Waals surface area contributed by atoms with Crippen LogP contribution in [0.25, 0.3) is 0 Å². The second-order valence-corrected chi connectivity index (χ2v) is 6.82. The van der Waals surface area contributed by atoms with Crippen LogP contribution in [-0.2, 0) is 0 Å². The summed E-state index contributed by atoms with van der Waals surface area (Å²) in [6.45, 7) is 8.53. The molecule has 0 aliphatic carbocycles. The summed E-state index contributed by atoms with van der Waals surface area (Å²) in [5.74, 6) is 2.52. The molecule has 1 atom stereocenters. The quantitative estimate of drug-likeness (QED) is 0.550. The first-order valence-electron chi connectivity index (χ1n) is 9.64. The lowest BCUT2D eigenvalue weighted by atomic mass is 10.1. The first-order chi connectivity index (χ1) is 12.6. The number of hydrogen-bond acceptors (Lipinski definition) is 4. The van der Waals surface area contributed by atoms with Crippen LogP contribution in [0.15, 0.2) is 29.3 Å². The molecule has 1 heterocycles. The number of likely N-dealkylation sites (tertiary alicyclic amines) is 1. The van der Waals surface area contributed by atoms with E-state index in [1.165, 1.54) is 38.9 Å². The standard InChI is InChI=1S/C20H34N4O2/c1-5-12-24-13-10-17(11-14-24)23-20(21-3)22-15-16(2)26-19-8-6-18(25-4)7-9-19/h6-9,16-17H,5,10-15H2,1-4H3,(H2,21,22,23). The predicted octanol–water partition coefficient (Wildman–Crippen LogP) is 2.50. The summed E-state index contributed by atoms with van der Waals surface area (Å²) in [6, 6.07) is 8.15. The van der Waals surface area contributed by atoms with Gasteiger partial charge in [0.15, 0.2) is 5.96 Å². The number of guanidine groups is 1. The van der Waals surface area contributed by atoms with E-state index in [1.807, 2.05) is 38.2 Å². The minimum Gasteiger partial charge on any atom is -0.497 e. The van der Waals surface area contributed by atoms with Crippen molar-refractivity contribution in [3.8, 4) is 11.5 Å². The van der Waals surface area contributed by atoms with Gasteiger partial charge in [0.1, 0.15) is 17.6 Å². The van der Waals surface area contributed by atoms with Crippen LogP contribution < -0.4 is 20.1 Å². The zero-order valence-electron chi connectivity index (χ0n) is 16.6. The molecule has 1 aromatic rings. The third kappa shape index (κ3) is 6.75. The second kappa shape index (κ2) is 10.9. The lowest BCUT2D eigenvalue weighted by molar-refractivity contribution is 0.205. The lowest BCUT2D eigenvalue weighted by Crippen LogP contribution is -2.50. The number of piperidine rings is 1. The summed E-state index contributed by atoms with van der Waals surface area (Å²) in [4.78, 5) is 6.89. The van der Waals surface area contributed by atoms with Crippen molar-refractivity contribution in [2.45, 2.75) is 45.3 Å². The molecule has 146 valence electrons. The van der Waals surface area contributed by atoms with Gasteiger partial charge in [0.05, 0.1) is 13.7 Å². The summed E-state index contributed by atoms with van der Waals surface area (Å²) in [7, 11) is 3.48. The zero-order chi connectivity index (χ0) is 18.8. The van der Waals surface area contributed by atoms with Crippen LogP contribution in [0.3, 0.4) is 0 Å². The minimum atomic E-state index is 0.0355. The number of rotatable bonds is 8. The highest BCUT2D eigenvalue weighted by molar-refractivity contribution is 5.80. The molecule has 0 radical (unpaired) electrons. The highest BCUT2D eigenvalue weighted by Gasteiger charge is 2.19. The van der Waals surface area contributed by atoms with E-state index in [0.717, 1.165) is 17.5 Å². The fourth-order valence-electron chi connectivity index (χ4n) is 3.17. The van der Waals surface area contributed by atoms with Gasteiger partial charge in [-0.25, -0.2) is 0 Å². The summed E-state index contributed by atoms with van der Waals surface area (Å²) in [5, 5.41) is 6.91. The predicted molar refractivity (Wildman–Crippen MR) is 107 cm³/mol. The first-order valence-corrected chi connectivity index (χ1v) is 9.64. The monoisotopic (exact) mass is 362 g/mol. The molecule has 1 aliphatic rings. The Bertz CT molecular complexity index is 539. The van der Waals surface area contributed by atoms with Crippen molar-refractivity contribution in [1.82, 2.24) is 15.5 Å². The van der Waals surface area contributed by atoms with Gasteiger partial charge in [-0.05, 0) is 57.0 Å². The molecule has 6 heteroatoms. The molecule has 6 nitrogen and oxygen atoms in total. The average molecular weight is 363 g/mol. The molecule has 1 aliphatic heterocycles. The van der Waals surface area contributed by atoms with Crippen LogP contribution in [0.4, 0.5) is 0 Å². The molecule has 0 bridgehead atoms. The van der Waals surface area contributed by atoms with E-state index in [0.29, 0.717) is 12.6 Å². The molecule has 2 N–H and O–H groups in total. The van der Waals surface area contributed by atoms with Gasteiger partial charge in [0.2, 0.25) is 0 Å². The normalized spacial score (nSPS) is 17.6. The first kappa shape index (κ1) is 20.4. The van der Waals surface area contributed by atoms with Gasteiger partial charge >= 0.3 is 0 Å². The SMILES string of the molecule is CCCN1CCC(NC(=NC)NCC(C)Oc2ccc(OC)cc2)CC1. The highest BCUT2D eigenvalue weighted by atomic mass is 16.5. The Balaban J connectivity index is 1.70. The highest BCUT2D eigenvalue weighted by Crippen LogP contribution is 2.18. The number of nitrogens with zero attached hydrogens (tertiary/aromatic N) is 2. The lowest BCUT2D eigenvalue weighted by Gasteiger charge is -2.33. The zero-order valence-corrected chi connectivity index (χ0v) is 16.6. The van der Waals surface area contributed by atoms with Crippen LogP contribution in [0.1, 0.15) is 33.1 Å². The van der Waals surface area contributed by atoms with Gasteiger partial charge in [-0.2, -0.15) is 0 Å². The van der Waals surface area contributed by atoms with Crippen molar-refractivity contribution in [2.75, 3.05) is 40.3 Å². The number of hydrogen-bond donors (Lipinski definition) is 2. The molecule has 0 saturated carbocycles. The average Bonchev–Trinajstić information content (AvgIpc) is 2.67. The Morgan fingerprint density at radius 1 is 1.23 bits per heavy atom. The molecule has 26 heavy (non-hydrogen) atoms. The minimum absolute atomic E-state index is 0.0355. The summed E-state index contributed by atoms with van der Waals surface area (Å²) < 4.78 is 11.1. The Kier molecular flexibility index (Phi) is 8.54. The van der Waals surface area contributed by atoms with E-state index in [9.17, 15) is 0 Å². The number of aliphatic imine (C=N–C) groups is 1. The van der Waals surface area contributed by atoms with Gasteiger partial charge in [0, 0.05) is 26.2 Å². The molecular weight excluding hydrogens is 328 g/mol. The third-order valence-electron chi connectivity index (χ3n) is 4.65. The van der Waals surface area contributed by atoms with Gasteiger partial charge < -0.3 is 25.0 Å². The van der Waals surface area contributed by atoms with Gasteiger partial charge in [-0.3, -0.25) is 4.99 Å². The van der Waals surface area contributed by atoms with Crippen LogP contribution in [0.2, 0.25) is 0 Å². The second-order valence-electron chi connectivity index (χ2n) is 6.82. The largest absolute Gasteiger partial charge is 0.497 e. The summed E-state index contributed by atoms with van der Waals surface area (Å²) in [5.41, 5.74) is 0. The number of benzene rings is 1. The fraction of sp³-hybridized carbons (Fsp3) is 0.650. The summed E-state index contributed by atoms with van der Waals surface area (Å²) >= 11 is 0. The van der Waals surface area contributed by atoms with Gasteiger partial charge in [-0.1, -0.05) is 6.92 Å². The van der Waals surface area contributed by atoms with E-state index >= 15 is 0 Å². The van der Waals surface area contributed by atoms with Crippen LogP contribution in [0, 0.1) is 0 Å². The smallest absolute Gasteiger partial charge is 0.191 e. The van der Waals surface area contributed by atoms with Crippen molar-refractivity contribution in [3.63, 3.8) is 0 Å². The van der Waals surface area contributed by atoms with E-state index in [1.54, 1.807) is 7.11 Å². The number of ether oxygens (including phenoxy) is 2. The van der Waals surface area contributed by atoms with Crippen molar-refractivity contribution >= 4 is 5.96 Å². The molecule has 1 aromatic carbocycles. The molecule has 1 fully saturated rings. The molecule has 0 aromatic heterocycles. The van der Waals surface area contributed by atoms with Crippen molar-refractivity contribution in [1.29, 1.82) is 0 Å². The molecular formula is C20H34N4O2. The van der Waals surface area contributed by atoms with Crippen LogP contribution in [0.5, 0.6) is 11.5 Å². The number of methoxy groups -OCH3 is 1. The Morgan fingerprint density at radius 3 is 2.46 bits per heavy atom. The van der Waals surface area contributed by atoms with Crippen molar-refractivity contribution in [3.05, 3.63) is 24.3 Å². The maximum Gasteiger partial charge on any atom is 0.191 e. The van der Waals surface area contributed by atoms with Crippen LogP contribution >= 0.6 is 0 Å². The van der Waals surface area contributed by atoms with Crippen molar-refractivity contribution in [2.24, 2.45) is 4.99 Å². The molecule has 0 spiro atoms. The molecule has 2 rings (SSSR count). The molecule has 1 saturated heterocycles. The van der Waals surface area contributed by atoms with Crippen molar-refractivity contribution < 1.29 is 9.47 Å². The third-order valence-corrected chi connectivity index (χ3v) is 4.65. The van der Waals surface area contributed by atoms with E-state index in [-0.39, 0.29) is 6.10 Å². The van der Waals surface area contributed by atoms with Gasteiger partial charge in [0.25, 0.3) is 0 Å². The topological polar surface area (TPSA) is 58.1 Å². The van der Waals surface area contributed by atoms with Crippen LogP contribution in [-0.4, -0.2) is 63.3 Å². The number of nitrogens with one attached hydrogen (secondary N) is 2. The maximum atomic E-state index is 5.93. The summed E-state index contributed by atoms with van der Waals surface area (Å²) in [6.07, 6.45) is 3.60. The van der Waals surface area contributed by atoms with E-state index in [2.05, 4.69) is 27.4 Å². The van der Waals surface area contributed by atoms with Gasteiger partial charge in [-0.15, -0.1) is 0 Å². The molecule has 1 unspecified atom stereocenters.